The van der Waals surface area contributed by atoms with E-state index >= 15 is 0 Å². The first-order valence-electron chi connectivity index (χ1n) is 4.88. The van der Waals surface area contributed by atoms with E-state index in [1.807, 2.05) is 0 Å². The van der Waals surface area contributed by atoms with Crippen molar-refractivity contribution in [3.05, 3.63) is 27.4 Å². The maximum Gasteiger partial charge on any atom is 0.328 e. The molecule has 1 aromatic heterocycles. The monoisotopic (exact) mass is 244 g/mol. The molecule has 7 heteroatoms. The molecule has 3 N–H and O–H groups in total. The van der Waals surface area contributed by atoms with E-state index in [0.29, 0.717) is 4.64 Å². The van der Waals surface area contributed by atoms with Crippen LogP contribution in [0.5, 0.6) is 0 Å². The lowest BCUT2D eigenvalue weighted by atomic mass is 10.2. The van der Waals surface area contributed by atoms with Crippen LogP contribution in [0.2, 0.25) is 0 Å². The molecule has 0 bridgehead atoms. The SMILES string of the molecule is O=c1[nH]ccc(=S)n1C1C[C@@H](O)C(CO)O1. The summed E-state index contributed by atoms with van der Waals surface area (Å²) in [4.78, 5) is 14.0. The number of hydrogen-bond acceptors (Lipinski definition) is 5. The lowest BCUT2D eigenvalue weighted by Crippen LogP contribution is -2.28. The van der Waals surface area contributed by atoms with Crippen molar-refractivity contribution < 1.29 is 14.9 Å². The molecular weight excluding hydrogens is 232 g/mol. The highest BCUT2D eigenvalue weighted by molar-refractivity contribution is 7.71. The summed E-state index contributed by atoms with van der Waals surface area (Å²) in [6, 6.07) is 1.57. The topological polar surface area (TPSA) is 87.5 Å². The van der Waals surface area contributed by atoms with Crippen LogP contribution in [0.1, 0.15) is 12.6 Å². The first-order valence-corrected chi connectivity index (χ1v) is 5.29. The number of nitrogens with one attached hydrogen (secondary N) is 1. The zero-order valence-corrected chi connectivity index (χ0v) is 9.18. The summed E-state index contributed by atoms with van der Waals surface area (Å²) < 4.78 is 6.94. The van der Waals surface area contributed by atoms with Crippen molar-refractivity contribution in [1.29, 1.82) is 0 Å². The van der Waals surface area contributed by atoms with Crippen LogP contribution in [0, 0.1) is 4.64 Å². The second kappa shape index (κ2) is 4.46. The van der Waals surface area contributed by atoms with Crippen LogP contribution in [-0.4, -0.2) is 38.6 Å². The van der Waals surface area contributed by atoms with Gasteiger partial charge in [0, 0.05) is 12.6 Å². The molecule has 0 aromatic carbocycles. The van der Waals surface area contributed by atoms with E-state index in [0.717, 1.165) is 0 Å². The Hall–Kier alpha value is -1.02. The fourth-order valence-electron chi connectivity index (χ4n) is 1.74. The van der Waals surface area contributed by atoms with Crippen LogP contribution in [0.15, 0.2) is 17.1 Å². The minimum Gasteiger partial charge on any atom is -0.394 e. The molecule has 2 rings (SSSR count). The van der Waals surface area contributed by atoms with E-state index in [4.69, 9.17) is 22.1 Å². The summed E-state index contributed by atoms with van der Waals surface area (Å²) in [6.07, 6.45) is -0.365. The van der Waals surface area contributed by atoms with Crippen LogP contribution in [0.3, 0.4) is 0 Å². The Morgan fingerprint density at radius 2 is 2.44 bits per heavy atom. The van der Waals surface area contributed by atoms with Gasteiger partial charge in [0.25, 0.3) is 0 Å². The zero-order chi connectivity index (χ0) is 11.7. The van der Waals surface area contributed by atoms with Gasteiger partial charge >= 0.3 is 5.69 Å². The Balaban J connectivity index is 2.34. The Morgan fingerprint density at radius 3 is 3.00 bits per heavy atom. The summed E-state index contributed by atoms with van der Waals surface area (Å²) in [6.45, 7) is -0.282. The molecule has 0 spiro atoms. The van der Waals surface area contributed by atoms with E-state index in [2.05, 4.69) is 4.98 Å². The quantitative estimate of drug-likeness (QED) is 0.613. The number of aliphatic hydroxyl groups excluding tert-OH is 2. The standard InChI is InChI=1S/C9H12N2O4S/c12-4-6-5(13)3-7(15-6)11-8(16)1-2-10-9(11)14/h1-2,5-7,12-13H,3-4H2,(H,10,14)/t5-,6?,7?/m1/s1. The number of H-pyrrole nitrogens is 1. The average molecular weight is 244 g/mol. The predicted octanol–water partition coefficient (Wildman–Crippen LogP) is -0.453. The Labute approximate surface area is 96.1 Å². The zero-order valence-electron chi connectivity index (χ0n) is 8.37. The van der Waals surface area contributed by atoms with Gasteiger partial charge in [-0.1, -0.05) is 12.2 Å². The summed E-state index contributed by atoms with van der Waals surface area (Å²) >= 11 is 5.01. The molecule has 1 aliphatic heterocycles. The third-order valence-corrected chi connectivity index (χ3v) is 2.89. The van der Waals surface area contributed by atoms with Crippen LogP contribution >= 0.6 is 12.2 Å². The normalized spacial score (nSPS) is 29.5. The highest BCUT2D eigenvalue weighted by atomic mass is 32.1. The highest BCUT2D eigenvalue weighted by Crippen LogP contribution is 2.27. The van der Waals surface area contributed by atoms with Crippen molar-refractivity contribution in [1.82, 2.24) is 9.55 Å². The average Bonchev–Trinajstić information content (AvgIpc) is 2.59. The number of aromatic amines is 1. The lowest BCUT2D eigenvalue weighted by Gasteiger charge is -2.14. The van der Waals surface area contributed by atoms with Crippen molar-refractivity contribution in [2.24, 2.45) is 0 Å². The van der Waals surface area contributed by atoms with Crippen molar-refractivity contribution in [2.75, 3.05) is 6.61 Å². The van der Waals surface area contributed by atoms with Crippen LogP contribution < -0.4 is 5.69 Å². The van der Waals surface area contributed by atoms with Crippen LogP contribution in [0.4, 0.5) is 0 Å². The predicted molar refractivity (Wildman–Crippen MR) is 57.5 cm³/mol. The number of nitrogens with zero attached hydrogens (tertiary/aromatic N) is 1. The molecule has 0 saturated carbocycles. The molecule has 2 heterocycles. The molecule has 1 fully saturated rings. The lowest BCUT2D eigenvalue weighted by molar-refractivity contribution is -0.0463. The number of ether oxygens (including phenoxy) is 1. The van der Waals surface area contributed by atoms with Gasteiger partial charge in [-0.15, -0.1) is 0 Å². The van der Waals surface area contributed by atoms with Gasteiger partial charge in [0.1, 0.15) is 17.0 Å². The van der Waals surface area contributed by atoms with Gasteiger partial charge in [-0.3, -0.25) is 4.57 Å². The van der Waals surface area contributed by atoms with E-state index in [1.54, 1.807) is 6.07 Å². The molecule has 1 saturated heterocycles. The maximum absolute atomic E-state index is 11.5. The Morgan fingerprint density at radius 1 is 1.69 bits per heavy atom. The minimum absolute atomic E-state index is 0.243. The van der Waals surface area contributed by atoms with Gasteiger partial charge in [0.05, 0.1) is 12.7 Å². The van der Waals surface area contributed by atoms with Gasteiger partial charge in [0.15, 0.2) is 0 Å². The molecule has 6 nitrogen and oxygen atoms in total. The number of hydrogen-bond donors (Lipinski definition) is 3. The molecule has 1 aliphatic rings. The molecule has 88 valence electrons. The first kappa shape index (κ1) is 11.5. The van der Waals surface area contributed by atoms with Gasteiger partial charge < -0.3 is 19.9 Å². The van der Waals surface area contributed by atoms with Crippen molar-refractivity contribution in [3.63, 3.8) is 0 Å². The fraction of sp³-hybridized carbons (Fsp3) is 0.556. The third-order valence-electron chi connectivity index (χ3n) is 2.56. The fourth-order valence-corrected chi connectivity index (χ4v) is 2.01. The van der Waals surface area contributed by atoms with Crippen LogP contribution in [0.25, 0.3) is 0 Å². The Kier molecular flexibility index (Phi) is 3.20. The van der Waals surface area contributed by atoms with E-state index in [1.165, 1.54) is 10.8 Å². The summed E-state index contributed by atoms with van der Waals surface area (Å²) in [5.74, 6) is 0. The molecule has 1 aromatic rings. The second-order valence-electron chi connectivity index (χ2n) is 3.61. The van der Waals surface area contributed by atoms with Crippen molar-refractivity contribution in [2.45, 2.75) is 24.9 Å². The van der Waals surface area contributed by atoms with Gasteiger partial charge in [-0.05, 0) is 6.07 Å². The molecule has 0 aliphatic carbocycles. The van der Waals surface area contributed by atoms with E-state index in [-0.39, 0.29) is 18.7 Å². The van der Waals surface area contributed by atoms with E-state index in [9.17, 15) is 9.90 Å². The van der Waals surface area contributed by atoms with Crippen LogP contribution in [-0.2, 0) is 4.74 Å². The van der Waals surface area contributed by atoms with Gasteiger partial charge in [0.2, 0.25) is 0 Å². The summed E-state index contributed by atoms with van der Waals surface area (Å²) in [5.41, 5.74) is -0.386. The molecule has 0 amide bonds. The smallest absolute Gasteiger partial charge is 0.328 e. The summed E-state index contributed by atoms with van der Waals surface area (Å²) in [7, 11) is 0. The molecule has 3 atom stereocenters. The van der Waals surface area contributed by atoms with Crippen molar-refractivity contribution in [3.8, 4) is 0 Å². The molecular formula is C9H12N2O4S. The number of aliphatic hydroxyl groups is 2. The maximum atomic E-state index is 11.5. The molecule has 0 radical (unpaired) electrons. The molecule has 16 heavy (non-hydrogen) atoms. The largest absolute Gasteiger partial charge is 0.394 e. The highest BCUT2D eigenvalue weighted by Gasteiger charge is 2.35. The van der Waals surface area contributed by atoms with Gasteiger partial charge in [-0.2, -0.15) is 0 Å². The van der Waals surface area contributed by atoms with E-state index < -0.39 is 18.4 Å². The first-order chi connectivity index (χ1) is 7.63. The number of rotatable bonds is 2. The number of aromatic nitrogens is 2. The third kappa shape index (κ3) is 1.94. The minimum atomic E-state index is -0.781. The summed E-state index contributed by atoms with van der Waals surface area (Å²) in [5, 5.41) is 18.5. The molecule has 2 unspecified atom stereocenters. The Bertz CT molecular complexity index is 455. The van der Waals surface area contributed by atoms with Crippen molar-refractivity contribution >= 4 is 12.2 Å². The second-order valence-corrected chi connectivity index (χ2v) is 4.02. The van der Waals surface area contributed by atoms with Gasteiger partial charge in [-0.25, -0.2) is 4.79 Å².